The highest BCUT2D eigenvalue weighted by atomic mass is 28.4. The van der Waals surface area contributed by atoms with Gasteiger partial charge >= 0.3 is 0 Å². The van der Waals surface area contributed by atoms with Crippen LogP contribution in [0.2, 0.25) is 37.8 Å². The van der Waals surface area contributed by atoms with Crippen molar-refractivity contribution in [2.24, 2.45) is 0 Å². The predicted molar refractivity (Wildman–Crippen MR) is 84.9 cm³/mol. The van der Waals surface area contributed by atoms with Crippen LogP contribution in [0.1, 0.15) is 47.5 Å². The van der Waals surface area contributed by atoms with Crippen LogP contribution in [0, 0.1) is 0 Å². The molecule has 1 unspecified atom stereocenters. The van der Waals surface area contributed by atoms with Gasteiger partial charge in [-0.05, 0) is 31.5 Å². The molecule has 1 atom stereocenters. The molecule has 0 rings (SSSR count). The van der Waals surface area contributed by atoms with Crippen LogP contribution in [-0.4, -0.2) is 21.6 Å². The normalized spacial score (nSPS) is 18.0. The van der Waals surface area contributed by atoms with Gasteiger partial charge in [0, 0.05) is 5.22 Å². The van der Waals surface area contributed by atoms with Crippen LogP contribution >= 0.6 is 0 Å². The molecule has 0 aromatic heterocycles. The van der Waals surface area contributed by atoms with Gasteiger partial charge in [-0.25, -0.2) is 0 Å². The molecular formula is C14H34OSi2. The van der Waals surface area contributed by atoms with E-state index < -0.39 is 16.4 Å². The highest BCUT2D eigenvalue weighted by Gasteiger charge is 2.48. The fourth-order valence-electron chi connectivity index (χ4n) is 1.88. The third kappa shape index (κ3) is 3.68. The van der Waals surface area contributed by atoms with Crippen molar-refractivity contribution in [3.8, 4) is 0 Å². The molecule has 0 saturated carbocycles. The quantitative estimate of drug-likeness (QED) is 0.586. The maximum absolute atomic E-state index is 6.80. The van der Waals surface area contributed by atoms with Crippen molar-refractivity contribution in [3.63, 3.8) is 0 Å². The zero-order valence-corrected chi connectivity index (χ0v) is 15.8. The summed E-state index contributed by atoms with van der Waals surface area (Å²) in [5, 5.41) is 0.470. The average Bonchev–Trinajstić information content (AvgIpc) is 2.14. The minimum atomic E-state index is -1.66. The van der Waals surface area contributed by atoms with E-state index in [1.807, 2.05) is 0 Å². The van der Waals surface area contributed by atoms with E-state index >= 15 is 0 Å². The van der Waals surface area contributed by atoms with Gasteiger partial charge in [0.25, 0.3) is 0 Å². The molecule has 1 nitrogen and oxygen atoms in total. The first-order valence-electron chi connectivity index (χ1n) is 7.03. The Balaban J connectivity index is 5.17. The summed E-state index contributed by atoms with van der Waals surface area (Å²) in [6, 6.07) is 0. The zero-order valence-electron chi connectivity index (χ0n) is 13.8. The third-order valence-corrected chi connectivity index (χ3v) is 13.7. The Morgan fingerprint density at radius 2 is 1.24 bits per heavy atom. The molecule has 0 spiro atoms. The molecule has 0 N–H and O–H groups in total. The highest BCUT2D eigenvalue weighted by Crippen LogP contribution is 2.44. The SMILES string of the molecule is CCC(C)(O[Si](C)(C)C(C)(C)CC)[Si](C)(C)C. The zero-order chi connectivity index (χ0) is 14.1. The molecule has 0 bridgehead atoms. The van der Waals surface area contributed by atoms with E-state index in [4.69, 9.17) is 4.43 Å². The Hall–Kier alpha value is 0.394. The summed E-state index contributed by atoms with van der Waals surface area (Å²) >= 11 is 0. The second-order valence-corrected chi connectivity index (χ2v) is 17.8. The molecule has 0 aromatic carbocycles. The van der Waals surface area contributed by atoms with Gasteiger partial charge in [0.15, 0.2) is 8.32 Å². The number of rotatable bonds is 6. The Kier molecular flexibility index (Phi) is 5.30. The minimum absolute atomic E-state index is 0.120. The van der Waals surface area contributed by atoms with E-state index in [0.29, 0.717) is 5.04 Å². The van der Waals surface area contributed by atoms with Gasteiger partial charge in [0.05, 0.1) is 8.07 Å². The van der Waals surface area contributed by atoms with E-state index in [-0.39, 0.29) is 5.22 Å². The smallest absolute Gasteiger partial charge is 0.192 e. The second-order valence-electron chi connectivity index (χ2n) is 7.68. The Bertz CT molecular complexity index is 253. The predicted octanol–water partition coefficient (Wildman–Crippen LogP) is 5.44. The van der Waals surface area contributed by atoms with Crippen LogP contribution in [-0.2, 0) is 4.43 Å². The summed E-state index contributed by atoms with van der Waals surface area (Å²) in [6.45, 7) is 23.7. The van der Waals surface area contributed by atoms with Crippen molar-refractivity contribution in [3.05, 3.63) is 0 Å². The van der Waals surface area contributed by atoms with Gasteiger partial charge in [-0.2, -0.15) is 0 Å². The second kappa shape index (κ2) is 5.18. The topological polar surface area (TPSA) is 9.23 Å². The fraction of sp³-hybridized carbons (Fsp3) is 1.00. The van der Waals surface area contributed by atoms with E-state index in [1.165, 1.54) is 6.42 Å². The monoisotopic (exact) mass is 274 g/mol. The molecular weight excluding hydrogens is 240 g/mol. The molecule has 17 heavy (non-hydrogen) atoms. The van der Waals surface area contributed by atoms with Gasteiger partial charge in [-0.15, -0.1) is 0 Å². The van der Waals surface area contributed by atoms with Crippen molar-refractivity contribution in [1.29, 1.82) is 0 Å². The molecule has 0 aliphatic heterocycles. The third-order valence-electron chi connectivity index (χ3n) is 5.26. The van der Waals surface area contributed by atoms with E-state index in [9.17, 15) is 0 Å². The summed E-state index contributed by atoms with van der Waals surface area (Å²) in [5.41, 5.74) is 0. The van der Waals surface area contributed by atoms with Crippen molar-refractivity contribution in [1.82, 2.24) is 0 Å². The van der Waals surface area contributed by atoms with Crippen LogP contribution in [0.15, 0.2) is 0 Å². The first-order chi connectivity index (χ1) is 7.33. The van der Waals surface area contributed by atoms with Crippen molar-refractivity contribution in [2.75, 3.05) is 0 Å². The molecule has 0 saturated heterocycles. The molecule has 0 heterocycles. The van der Waals surface area contributed by atoms with E-state index in [0.717, 1.165) is 6.42 Å². The van der Waals surface area contributed by atoms with Crippen LogP contribution in [0.25, 0.3) is 0 Å². The van der Waals surface area contributed by atoms with Crippen molar-refractivity contribution >= 4 is 16.4 Å². The Morgan fingerprint density at radius 3 is 1.47 bits per heavy atom. The van der Waals surface area contributed by atoms with Crippen LogP contribution in [0.4, 0.5) is 0 Å². The van der Waals surface area contributed by atoms with Crippen molar-refractivity contribution in [2.45, 2.75) is 90.5 Å². The maximum Gasteiger partial charge on any atom is 0.192 e. The summed E-state index contributed by atoms with van der Waals surface area (Å²) in [7, 11) is -2.96. The Labute approximate surface area is 111 Å². The minimum Gasteiger partial charge on any atom is -0.414 e. The average molecular weight is 275 g/mol. The van der Waals surface area contributed by atoms with Crippen molar-refractivity contribution < 1.29 is 4.43 Å². The number of hydrogen-bond acceptors (Lipinski definition) is 1. The van der Waals surface area contributed by atoms with Gasteiger partial charge in [0.1, 0.15) is 0 Å². The summed E-state index contributed by atoms with van der Waals surface area (Å²) < 4.78 is 6.80. The van der Waals surface area contributed by atoms with E-state index in [1.54, 1.807) is 0 Å². The standard InChI is InChI=1S/C14H34OSi2/c1-11-13(3,4)17(9,10)15-14(5,12-2)16(6,7)8/h11-12H2,1-10H3. The Morgan fingerprint density at radius 1 is 0.824 bits per heavy atom. The summed E-state index contributed by atoms with van der Waals surface area (Å²) in [5.74, 6) is 0. The molecule has 0 amide bonds. The lowest BCUT2D eigenvalue weighted by Gasteiger charge is -2.50. The van der Waals surface area contributed by atoms with E-state index in [2.05, 4.69) is 67.4 Å². The molecule has 104 valence electrons. The first-order valence-corrected chi connectivity index (χ1v) is 13.4. The van der Waals surface area contributed by atoms with Crippen LogP contribution in [0.5, 0.6) is 0 Å². The van der Waals surface area contributed by atoms with Gasteiger partial charge in [-0.1, -0.05) is 53.8 Å². The molecule has 0 aromatic rings. The molecule has 0 fully saturated rings. The molecule has 0 aliphatic carbocycles. The fourth-order valence-corrected chi connectivity index (χ4v) is 7.33. The van der Waals surface area contributed by atoms with Gasteiger partial charge < -0.3 is 4.43 Å². The highest BCUT2D eigenvalue weighted by molar-refractivity contribution is 6.81. The lowest BCUT2D eigenvalue weighted by molar-refractivity contribution is 0.138. The number of hydrogen-bond donors (Lipinski definition) is 0. The van der Waals surface area contributed by atoms with Gasteiger partial charge in [0.2, 0.25) is 0 Å². The van der Waals surface area contributed by atoms with Crippen LogP contribution in [0.3, 0.4) is 0 Å². The maximum atomic E-state index is 6.80. The summed E-state index contributed by atoms with van der Waals surface area (Å²) in [4.78, 5) is 0. The molecule has 0 radical (unpaired) electrons. The largest absolute Gasteiger partial charge is 0.414 e. The molecule has 0 aliphatic rings. The lowest BCUT2D eigenvalue weighted by Crippen LogP contribution is -2.59. The summed E-state index contributed by atoms with van der Waals surface area (Å²) in [6.07, 6.45) is 2.34. The van der Waals surface area contributed by atoms with Gasteiger partial charge in [-0.3, -0.25) is 0 Å². The van der Waals surface area contributed by atoms with Crippen LogP contribution < -0.4 is 0 Å². The first kappa shape index (κ1) is 17.4. The molecule has 3 heteroatoms. The lowest BCUT2D eigenvalue weighted by atomic mass is 10.1.